The van der Waals surface area contributed by atoms with Crippen LogP contribution in [0.2, 0.25) is 0 Å². The molecule has 10 heteroatoms. The van der Waals surface area contributed by atoms with Crippen LogP contribution in [0.4, 0.5) is 0 Å². The normalized spacial score (nSPS) is 42.2. The average molecular weight is 710 g/mol. The van der Waals surface area contributed by atoms with Gasteiger partial charge < -0.3 is 25.2 Å². The van der Waals surface area contributed by atoms with Crippen molar-refractivity contribution in [3.8, 4) is 0 Å². The Labute approximate surface area is 306 Å². The van der Waals surface area contributed by atoms with E-state index in [0.29, 0.717) is 49.3 Å². The number of nitrogens with one attached hydrogen (secondary N) is 2. The van der Waals surface area contributed by atoms with E-state index in [2.05, 4.69) is 90.9 Å². The summed E-state index contributed by atoms with van der Waals surface area (Å²) in [5.41, 5.74) is -0.288. The lowest BCUT2D eigenvalue weighted by Gasteiger charge is -2.71. The molecule has 0 spiro atoms. The summed E-state index contributed by atoms with van der Waals surface area (Å²) in [7, 11) is 3.63. The molecular formula is C41H67N5O5. The molecule has 3 saturated carbocycles. The van der Waals surface area contributed by atoms with E-state index in [9.17, 15) is 14.7 Å². The SMILES string of the molecule is CNC(=O)c1ncnn1[C@@H]1C[C@@]23COCC(C)([C@H]1OC[C@](C)(NC)C(C)C)[C@@H]2CC[C@H]1C3=CC[C@@]2(C)[C@H](C(=O)O)[C@@](C)([C@H](C)C(C)C)CC[C@]12C. The van der Waals surface area contributed by atoms with Gasteiger partial charge in [-0.1, -0.05) is 74.0 Å². The Morgan fingerprint density at radius 1 is 1.08 bits per heavy atom. The van der Waals surface area contributed by atoms with Crippen LogP contribution in [0.5, 0.6) is 0 Å². The zero-order chi connectivity index (χ0) is 37.5. The number of aromatic nitrogens is 3. The molecule has 1 unspecified atom stereocenters. The zero-order valence-electron chi connectivity index (χ0n) is 33.6. The minimum absolute atomic E-state index is 0.181. The molecule has 1 aromatic heterocycles. The van der Waals surface area contributed by atoms with Crippen molar-refractivity contribution in [3.05, 3.63) is 23.8 Å². The number of amides is 1. The van der Waals surface area contributed by atoms with Crippen molar-refractivity contribution in [2.45, 2.75) is 125 Å². The molecule has 4 aliphatic carbocycles. The van der Waals surface area contributed by atoms with Crippen LogP contribution in [0.25, 0.3) is 0 Å². The predicted molar refractivity (Wildman–Crippen MR) is 198 cm³/mol. The number of carboxylic acid groups (broad SMARTS) is 1. The molecule has 51 heavy (non-hydrogen) atoms. The molecule has 12 atom stereocenters. The minimum Gasteiger partial charge on any atom is -0.481 e. The van der Waals surface area contributed by atoms with Crippen molar-refractivity contribution >= 4 is 11.9 Å². The van der Waals surface area contributed by atoms with E-state index in [1.807, 2.05) is 11.7 Å². The first kappa shape index (κ1) is 38.4. The number of hydrogen-bond acceptors (Lipinski definition) is 7. The molecule has 286 valence electrons. The van der Waals surface area contributed by atoms with Gasteiger partial charge in [-0.25, -0.2) is 9.67 Å². The van der Waals surface area contributed by atoms with Crippen molar-refractivity contribution in [1.82, 2.24) is 25.4 Å². The molecule has 1 amide bonds. The lowest BCUT2D eigenvalue weighted by molar-refractivity contribution is -0.253. The maximum absolute atomic E-state index is 13.5. The number of fused-ring (bicyclic) bond motifs is 3. The maximum Gasteiger partial charge on any atom is 0.307 e. The number of carbonyl (C=O) groups excluding carboxylic acids is 1. The second-order valence-electron chi connectivity index (χ2n) is 19.3. The van der Waals surface area contributed by atoms with Crippen molar-refractivity contribution in [2.24, 2.45) is 62.6 Å². The van der Waals surface area contributed by atoms with E-state index < -0.39 is 17.3 Å². The highest BCUT2D eigenvalue weighted by Gasteiger charge is 2.72. The van der Waals surface area contributed by atoms with Crippen molar-refractivity contribution in [2.75, 3.05) is 33.9 Å². The Bertz CT molecular complexity index is 1540. The summed E-state index contributed by atoms with van der Waals surface area (Å²) >= 11 is 0. The smallest absolute Gasteiger partial charge is 0.307 e. The molecule has 3 N–H and O–H groups in total. The lowest BCUT2D eigenvalue weighted by atomic mass is 9.34. The van der Waals surface area contributed by atoms with Crippen LogP contribution in [-0.2, 0) is 14.3 Å². The fourth-order valence-corrected chi connectivity index (χ4v) is 12.7. The van der Waals surface area contributed by atoms with Gasteiger partial charge in [0, 0.05) is 23.4 Å². The quantitative estimate of drug-likeness (QED) is 0.227. The number of nitrogens with zero attached hydrogens (tertiary/aromatic N) is 3. The number of likely N-dealkylation sites (N-methyl/N-ethyl adjacent to an activating group) is 1. The molecule has 1 aromatic rings. The Hall–Kier alpha value is -2.30. The highest BCUT2D eigenvalue weighted by molar-refractivity contribution is 5.90. The summed E-state index contributed by atoms with van der Waals surface area (Å²) in [6.45, 7) is 24.4. The van der Waals surface area contributed by atoms with E-state index in [1.54, 1.807) is 7.05 Å². The number of aliphatic carboxylic acids is 1. The Morgan fingerprint density at radius 3 is 2.39 bits per heavy atom. The molecule has 4 fully saturated rings. The van der Waals surface area contributed by atoms with Gasteiger partial charge in [0.15, 0.2) is 0 Å². The highest BCUT2D eigenvalue weighted by Crippen LogP contribution is 2.75. The number of carboxylic acids is 1. The van der Waals surface area contributed by atoms with Crippen LogP contribution in [-0.4, -0.2) is 77.3 Å². The number of hydrogen-bond donors (Lipinski definition) is 3. The van der Waals surface area contributed by atoms with Gasteiger partial charge in [0.05, 0.1) is 37.9 Å². The molecule has 1 saturated heterocycles. The third-order valence-electron chi connectivity index (χ3n) is 16.8. The van der Waals surface area contributed by atoms with Crippen LogP contribution in [0.15, 0.2) is 18.0 Å². The van der Waals surface area contributed by atoms with Crippen LogP contribution in [0.1, 0.15) is 124 Å². The molecule has 2 bridgehead atoms. The first-order valence-electron chi connectivity index (χ1n) is 19.7. The third-order valence-corrected chi connectivity index (χ3v) is 16.8. The van der Waals surface area contributed by atoms with Gasteiger partial charge in [0.25, 0.3) is 5.91 Å². The molecule has 0 aromatic carbocycles. The van der Waals surface area contributed by atoms with E-state index in [0.717, 1.165) is 38.5 Å². The summed E-state index contributed by atoms with van der Waals surface area (Å²) in [6, 6.07) is -0.243. The van der Waals surface area contributed by atoms with Crippen molar-refractivity contribution in [1.29, 1.82) is 0 Å². The first-order valence-corrected chi connectivity index (χ1v) is 19.7. The summed E-state index contributed by atoms with van der Waals surface area (Å²) in [6.07, 6.45) is 9.16. The second-order valence-corrected chi connectivity index (χ2v) is 19.3. The largest absolute Gasteiger partial charge is 0.481 e. The topological polar surface area (TPSA) is 128 Å². The van der Waals surface area contributed by atoms with E-state index >= 15 is 0 Å². The molecule has 5 aliphatic rings. The number of allylic oxidation sites excluding steroid dienone is 1. The summed E-state index contributed by atoms with van der Waals surface area (Å²) in [5.74, 6) is 0.551. The van der Waals surface area contributed by atoms with Crippen LogP contribution in [0, 0.1) is 62.6 Å². The first-order chi connectivity index (χ1) is 23.8. The van der Waals surface area contributed by atoms with Crippen LogP contribution >= 0.6 is 0 Å². The molecule has 6 rings (SSSR count). The van der Waals surface area contributed by atoms with Gasteiger partial charge in [-0.2, -0.15) is 5.10 Å². The van der Waals surface area contributed by atoms with Gasteiger partial charge in [-0.05, 0) is 98.3 Å². The standard InChI is InChI=1S/C41H67N5O5/c1-24(2)26(5)36(6)17-18-38(8)27-13-14-30-37(7)20-50-22-41(30,28(27)15-16-39(38,9)31(36)35(48)49)19-29(46-33(34(47)42-11)44-23-45-46)32(37)51-21-40(10,43-12)25(3)4/h15,23-27,29-32,43H,13-14,16-22H2,1-12H3,(H,42,47)(H,48,49)/t26-,27+,29-,30+,31-,32+,36-,37?,38-,39+,40+,41+/m1/s1. The molecule has 1 aliphatic heterocycles. The van der Waals surface area contributed by atoms with Crippen LogP contribution < -0.4 is 10.6 Å². The van der Waals surface area contributed by atoms with Gasteiger partial charge >= 0.3 is 5.97 Å². The van der Waals surface area contributed by atoms with E-state index in [1.165, 1.54) is 11.9 Å². The number of rotatable bonds is 10. The van der Waals surface area contributed by atoms with Gasteiger partial charge in [-0.15, -0.1) is 0 Å². The van der Waals surface area contributed by atoms with Crippen molar-refractivity contribution < 1.29 is 24.2 Å². The predicted octanol–water partition coefficient (Wildman–Crippen LogP) is 6.79. The van der Waals surface area contributed by atoms with E-state index in [-0.39, 0.29) is 51.2 Å². The Morgan fingerprint density at radius 2 is 1.78 bits per heavy atom. The highest BCUT2D eigenvalue weighted by atomic mass is 16.5. The second kappa shape index (κ2) is 12.9. The monoisotopic (exact) mass is 710 g/mol. The number of carbonyl (C=O) groups is 2. The minimum atomic E-state index is -0.642. The van der Waals surface area contributed by atoms with Gasteiger partial charge in [0.1, 0.15) is 6.33 Å². The lowest BCUT2D eigenvalue weighted by Crippen LogP contribution is -2.69. The van der Waals surface area contributed by atoms with Crippen LogP contribution in [0.3, 0.4) is 0 Å². The maximum atomic E-state index is 13.5. The third kappa shape index (κ3) is 5.33. The van der Waals surface area contributed by atoms with E-state index in [4.69, 9.17) is 14.6 Å². The fourth-order valence-electron chi connectivity index (χ4n) is 12.7. The summed E-state index contributed by atoms with van der Waals surface area (Å²) in [5, 5.41) is 22.1. The Kier molecular flexibility index (Phi) is 9.74. The summed E-state index contributed by atoms with van der Waals surface area (Å²) in [4.78, 5) is 31.2. The van der Waals surface area contributed by atoms with Crippen molar-refractivity contribution in [3.63, 3.8) is 0 Å². The zero-order valence-corrected chi connectivity index (χ0v) is 33.6. The summed E-state index contributed by atoms with van der Waals surface area (Å²) < 4.78 is 15.7. The molecule has 0 radical (unpaired) electrons. The molecule has 2 heterocycles. The van der Waals surface area contributed by atoms with Gasteiger partial charge in [-0.3, -0.25) is 9.59 Å². The molecular weight excluding hydrogens is 642 g/mol. The van der Waals surface area contributed by atoms with Gasteiger partial charge in [0.2, 0.25) is 5.82 Å². The Balaban J connectivity index is 1.48. The fraction of sp³-hybridized carbons (Fsp3) is 0.854. The average Bonchev–Trinajstić information content (AvgIpc) is 3.57. The molecule has 10 nitrogen and oxygen atoms in total. The number of ether oxygens (including phenoxy) is 2.